The zero-order valence-corrected chi connectivity index (χ0v) is 14.6. The summed E-state index contributed by atoms with van der Waals surface area (Å²) >= 11 is 13.1. The molecule has 0 unspecified atom stereocenters. The Morgan fingerprint density at radius 1 is 1.12 bits per heavy atom. The number of benzene rings is 2. The minimum atomic E-state index is -0.309. The predicted molar refractivity (Wildman–Crippen MR) is 95.7 cm³/mol. The molecule has 0 bridgehead atoms. The van der Waals surface area contributed by atoms with E-state index in [9.17, 15) is 9.18 Å². The number of carbonyl (C=O) groups excluding carboxylic acids is 1. The highest BCUT2D eigenvalue weighted by Crippen LogP contribution is 2.25. The maximum absolute atomic E-state index is 12.9. The Bertz CT molecular complexity index is 881. The molecular weight excluding hydrogens is 370 g/mol. The van der Waals surface area contributed by atoms with Crippen LogP contribution in [0, 0.1) is 5.82 Å². The molecule has 0 aliphatic carbocycles. The maximum Gasteiger partial charge on any atom is 0.257 e. The summed E-state index contributed by atoms with van der Waals surface area (Å²) in [5.41, 5.74) is 1.38. The highest BCUT2D eigenvalue weighted by atomic mass is 35.5. The number of carbonyl (C=O) groups is 1. The molecule has 3 aromatic rings. The van der Waals surface area contributed by atoms with Gasteiger partial charge in [-0.3, -0.25) is 10.1 Å². The lowest BCUT2D eigenvalue weighted by molar-refractivity contribution is 0.102. The smallest absolute Gasteiger partial charge is 0.257 e. The minimum absolute atomic E-state index is 0.266. The van der Waals surface area contributed by atoms with Crippen LogP contribution in [0.15, 0.2) is 48.7 Å². The normalized spacial score (nSPS) is 10.6. The Morgan fingerprint density at radius 3 is 2.58 bits per heavy atom. The summed E-state index contributed by atoms with van der Waals surface area (Å²) in [5, 5.41) is 3.93. The van der Waals surface area contributed by atoms with E-state index in [-0.39, 0.29) is 11.7 Å². The molecule has 0 aliphatic rings. The van der Waals surface area contributed by atoms with Crippen molar-refractivity contribution in [3.63, 3.8) is 0 Å². The Balaban J connectivity index is 1.68. The fourth-order valence-electron chi connectivity index (χ4n) is 2.06. The molecule has 0 atom stereocenters. The van der Waals surface area contributed by atoms with Crippen molar-refractivity contribution in [2.45, 2.75) is 6.42 Å². The predicted octanol–water partition coefficient (Wildman–Crippen LogP) is 5.43. The van der Waals surface area contributed by atoms with Crippen LogP contribution in [-0.4, -0.2) is 10.9 Å². The Hall–Kier alpha value is -1.95. The van der Waals surface area contributed by atoms with Crippen LogP contribution in [0.4, 0.5) is 9.52 Å². The molecule has 0 saturated carbocycles. The van der Waals surface area contributed by atoms with E-state index >= 15 is 0 Å². The van der Waals surface area contributed by atoms with E-state index in [1.807, 2.05) is 0 Å². The van der Waals surface area contributed by atoms with E-state index < -0.39 is 0 Å². The number of hydrogen-bond donors (Lipinski definition) is 1. The molecule has 0 radical (unpaired) electrons. The number of aromatic nitrogens is 1. The van der Waals surface area contributed by atoms with E-state index in [4.69, 9.17) is 23.2 Å². The standard InChI is InChI=1S/C17H11Cl2FN2OS/c18-14-6-3-11(8-15(14)19)16(23)22-17-21-9-13(24-17)7-10-1-4-12(20)5-2-10/h1-6,8-9H,7H2,(H,21,22,23). The lowest BCUT2D eigenvalue weighted by Gasteiger charge is -2.03. The molecule has 0 fully saturated rings. The van der Waals surface area contributed by atoms with Crippen LogP contribution in [0.25, 0.3) is 0 Å². The highest BCUT2D eigenvalue weighted by molar-refractivity contribution is 7.15. The second-order valence-electron chi connectivity index (χ2n) is 5.02. The molecule has 3 rings (SSSR count). The third kappa shape index (κ3) is 4.12. The van der Waals surface area contributed by atoms with Crippen LogP contribution in [0.1, 0.15) is 20.8 Å². The van der Waals surface area contributed by atoms with Crippen molar-refractivity contribution in [3.8, 4) is 0 Å². The quantitative estimate of drug-likeness (QED) is 0.655. The summed E-state index contributed by atoms with van der Waals surface area (Å²) in [5.74, 6) is -0.575. The van der Waals surface area contributed by atoms with Crippen molar-refractivity contribution in [2.24, 2.45) is 0 Å². The summed E-state index contributed by atoms with van der Waals surface area (Å²) in [7, 11) is 0. The molecule has 7 heteroatoms. The van der Waals surface area contributed by atoms with Crippen LogP contribution in [-0.2, 0) is 6.42 Å². The first-order valence-electron chi connectivity index (χ1n) is 6.97. The maximum atomic E-state index is 12.9. The first-order valence-corrected chi connectivity index (χ1v) is 8.54. The van der Waals surface area contributed by atoms with E-state index in [2.05, 4.69) is 10.3 Å². The number of amides is 1. The highest BCUT2D eigenvalue weighted by Gasteiger charge is 2.11. The van der Waals surface area contributed by atoms with Crippen LogP contribution in [0.5, 0.6) is 0 Å². The first kappa shape index (κ1) is 16.9. The van der Waals surface area contributed by atoms with Gasteiger partial charge in [0.05, 0.1) is 10.0 Å². The number of anilines is 1. The van der Waals surface area contributed by atoms with Crippen LogP contribution in [0.2, 0.25) is 10.0 Å². The van der Waals surface area contributed by atoms with Crippen LogP contribution < -0.4 is 5.32 Å². The van der Waals surface area contributed by atoms with Gasteiger partial charge in [0.25, 0.3) is 5.91 Å². The zero-order chi connectivity index (χ0) is 17.1. The summed E-state index contributed by atoms with van der Waals surface area (Å²) in [6, 6.07) is 11.0. The molecule has 1 N–H and O–H groups in total. The molecule has 0 aliphatic heterocycles. The third-order valence-electron chi connectivity index (χ3n) is 3.25. The molecule has 3 nitrogen and oxygen atoms in total. The fraction of sp³-hybridized carbons (Fsp3) is 0.0588. The number of nitrogens with one attached hydrogen (secondary N) is 1. The summed E-state index contributed by atoms with van der Waals surface area (Å²) in [6.45, 7) is 0. The molecule has 1 amide bonds. The van der Waals surface area contributed by atoms with Crippen molar-refractivity contribution < 1.29 is 9.18 Å². The summed E-state index contributed by atoms with van der Waals surface area (Å²) < 4.78 is 12.9. The SMILES string of the molecule is O=C(Nc1ncc(Cc2ccc(F)cc2)s1)c1ccc(Cl)c(Cl)c1. The summed E-state index contributed by atoms with van der Waals surface area (Å²) in [6.07, 6.45) is 2.32. The molecule has 0 spiro atoms. The molecule has 2 aromatic carbocycles. The first-order chi connectivity index (χ1) is 11.5. The van der Waals surface area contributed by atoms with E-state index in [1.165, 1.54) is 29.5 Å². The number of nitrogens with zero attached hydrogens (tertiary/aromatic N) is 1. The van der Waals surface area contributed by atoms with E-state index in [0.717, 1.165) is 10.4 Å². The number of thiazole rings is 1. The lowest BCUT2D eigenvalue weighted by Crippen LogP contribution is -2.11. The Labute approximate surface area is 152 Å². The molecular formula is C17H11Cl2FN2OS. The average molecular weight is 381 g/mol. The second kappa shape index (κ2) is 7.30. The van der Waals surface area contributed by atoms with Gasteiger partial charge in [-0.05, 0) is 35.9 Å². The van der Waals surface area contributed by atoms with E-state index in [0.29, 0.717) is 27.2 Å². The van der Waals surface area contributed by atoms with Gasteiger partial charge in [0.15, 0.2) is 5.13 Å². The van der Waals surface area contributed by atoms with Crippen molar-refractivity contribution in [1.29, 1.82) is 0 Å². The van der Waals surface area contributed by atoms with Crippen LogP contribution >= 0.6 is 34.5 Å². The lowest BCUT2D eigenvalue weighted by atomic mass is 10.1. The second-order valence-corrected chi connectivity index (χ2v) is 6.95. The summed E-state index contributed by atoms with van der Waals surface area (Å²) in [4.78, 5) is 17.3. The number of hydrogen-bond acceptors (Lipinski definition) is 3. The Kier molecular flexibility index (Phi) is 5.14. The van der Waals surface area contributed by atoms with Crippen molar-refractivity contribution in [2.75, 3.05) is 5.32 Å². The largest absolute Gasteiger partial charge is 0.298 e. The topological polar surface area (TPSA) is 42.0 Å². The van der Waals surface area contributed by atoms with Gasteiger partial charge in [0, 0.05) is 23.1 Å². The van der Waals surface area contributed by atoms with E-state index in [1.54, 1.807) is 30.5 Å². The van der Waals surface area contributed by atoms with Gasteiger partial charge in [-0.1, -0.05) is 35.3 Å². The minimum Gasteiger partial charge on any atom is -0.298 e. The fourth-order valence-corrected chi connectivity index (χ4v) is 3.20. The molecule has 1 heterocycles. The molecule has 1 aromatic heterocycles. The van der Waals surface area contributed by atoms with Gasteiger partial charge in [-0.2, -0.15) is 0 Å². The van der Waals surface area contributed by atoms with Crippen LogP contribution in [0.3, 0.4) is 0 Å². The van der Waals surface area contributed by atoms with Gasteiger partial charge in [-0.15, -0.1) is 11.3 Å². The molecule has 24 heavy (non-hydrogen) atoms. The monoisotopic (exact) mass is 380 g/mol. The van der Waals surface area contributed by atoms with Gasteiger partial charge >= 0.3 is 0 Å². The number of rotatable bonds is 4. The molecule has 122 valence electrons. The zero-order valence-electron chi connectivity index (χ0n) is 12.2. The van der Waals surface area contributed by atoms with Gasteiger partial charge in [0.1, 0.15) is 5.82 Å². The number of halogens is 3. The molecule has 0 saturated heterocycles. The van der Waals surface area contributed by atoms with Crippen molar-refractivity contribution in [3.05, 3.63) is 80.5 Å². The Morgan fingerprint density at radius 2 is 1.88 bits per heavy atom. The van der Waals surface area contributed by atoms with Gasteiger partial charge in [-0.25, -0.2) is 9.37 Å². The third-order valence-corrected chi connectivity index (χ3v) is 4.90. The average Bonchev–Trinajstić information content (AvgIpc) is 2.99. The van der Waals surface area contributed by atoms with Crippen molar-refractivity contribution >= 4 is 45.6 Å². The van der Waals surface area contributed by atoms with Gasteiger partial charge < -0.3 is 0 Å². The van der Waals surface area contributed by atoms with Crippen molar-refractivity contribution in [1.82, 2.24) is 4.98 Å². The van der Waals surface area contributed by atoms with Gasteiger partial charge in [0.2, 0.25) is 0 Å².